The number of rotatable bonds is 0. The lowest BCUT2D eigenvalue weighted by Gasteiger charge is -2.21. The number of aliphatic hydroxyl groups excluding tert-OH is 1. The van der Waals surface area contributed by atoms with Crippen LogP contribution >= 0.6 is 0 Å². The Bertz CT molecular complexity index is 1020. The summed E-state index contributed by atoms with van der Waals surface area (Å²) in [6, 6.07) is 3.40. The number of benzene rings is 2. The van der Waals surface area contributed by atoms with Crippen LogP contribution in [0.3, 0.4) is 0 Å². The van der Waals surface area contributed by atoms with Gasteiger partial charge in [-0.05, 0) is 12.1 Å². The van der Waals surface area contributed by atoms with Crippen molar-refractivity contribution in [3.63, 3.8) is 0 Å². The second-order valence-electron chi connectivity index (χ2n) is 6.52. The molecule has 0 amide bonds. The highest BCUT2D eigenvalue weighted by Crippen LogP contribution is 2.53. The van der Waals surface area contributed by atoms with Crippen LogP contribution in [-0.4, -0.2) is 44.6 Å². The molecule has 2 aromatic rings. The van der Waals surface area contributed by atoms with Crippen molar-refractivity contribution in [3.8, 4) is 23.0 Å². The van der Waals surface area contributed by atoms with Crippen LogP contribution in [0.2, 0.25) is 0 Å². The summed E-state index contributed by atoms with van der Waals surface area (Å²) >= 11 is 0. The van der Waals surface area contributed by atoms with Crippen molar-refractivity contribution in [1.29, 1.82) is 0 Å². The van der Waals surface area contributed by atoms with Crippen molar-refractivity contribution in [1.82, 2.24) is 0 Å². The molecule has 0 saturated carbocycles. The zero-order chi connectivity index (χ0) is 18.3. The van der Waals surface area contributed by atoms with Gasteiger partial charge in [-0.2, -0.15) is 0 Å². The summed E-state index contributed by atoms with van der Waals surface area (Å²) in [4.78, 5) is 25.7. The molecule has 1 saturated heterocycles. The third-order valence-electron chi connectivity index (χ3n) is 5.04. The molecule has 3 aliphatic rings. The molecule has 132 valence electrons. The maximum atomic E-state index is 12.9. The van der Waals surface area contributed by atoms with Crippen molar-refractivity contribution in [2.45, 2.75) is 24.9 Å². The average molecular weight is 356 g/mol. The second-order valence-corrected chi connectivity index (χ2v) is 6.52. The molecule has 8 nitrogen and oxygen atoms in total. The van der Waals surface area contributed by atoms with E-state index in [0.717, 1.165) is 12.1 Å². The van der Waals surface area contributed by atoms with Gasteiger partial charge in [0, 0.05) is 29.2 Å². The fourth-order valence-corrected chi connectivity index (χ4v) is 3.95. The number of phenols is 3. The summed E-state index contributed by atoms with van der Waals surface area (Å²) in [6.45, 7) is 0. The van der Waals surface area contributed by atoms with Gasteiger partial charge >= 0.3 is 0 Å². The molecule has 3 atom stereocenters. The first-order valence-corrected chi connectivity index (χ1v) is 7.92. The zero-order valence-electron chi connectivity index (χ0n) is 13.1. The standard InChI is InChI=1S/C18H12O8/c19-5-1-6-12(9(20)2-5)16(23)14-7(15(6)22)3-10-13(17(14)24)8-4-11(21)26-18(8)25-10/h1-3,8,11,18-21,24H,4H2. The van der Waals surface area contributed by atoms with Crippen LogP contribution in [0.25, 0.3) is 0 Å². The number of ether oxygens (including phenoxy) is 2. The number of ketones is 2. The predicted molar refractivity (Wildman–Crippen MR) is 83.6 cm³/mol. The van der Waals surface area contributed by atoms with E-state index in [2.05, 4.69) is 0 Å². The summed E-state index contributed by atoms with van der Waals surface area (Å²) in [5, 5.41) is 40.0. The van der Waals surface area contributed by atoms with Gasteiger partial charge in [-0.1, -0.05) is 0 Å². The number of fused-ring (bicyclic) bond motifs is 5. The van der Waals surface area contributed by atoms with E-state index in [-0.39, 0.29) is 40.2 Å². The van der Waals surface area contributed by atoms with Crippen LogP contribution < -0.4 is 4.74 Å². The Hall–Kier alpha value is -3.10. The summed E-state index contributed by atoms with van der Waals surface area (Å²) in [5.74, 6) is -2.93. The van der Waals surface area contributed by atoms with E-state index in [4.69, 9.17) is 9.47 Å². The van der Waals surface area contributed by atoms with Crippen LogP contribution in [-0.2, 0) is 4.74 Å². The summed E-state index contributed by atoms with van der Waals surface area (Å²) in [7, 11) is 0. The van der Waals surface area contributed by atoms with Gasteiger partial charge < -0.3 is 29.9 Å². The molecular weight excluding hydrogens is 344 g/mol. The van der Waals surface area contributed by atoms with E-state index in [1.807, 2.05) is 0 Å². The summed E-state index contributed by atoms with van der Waals surface area (Å²) in [5.41, 5.74) is -0.428. The molecule has 4 N–H and O–H groups in total. The fourth-order valence-electron chi connectivity index (χ4n) is 3.95. The van der Waals surface area contributed by atoms with Gasteiger partial charge in [0.2, 0.25) is 12.1 Å². The van der Waals surface area contributed by atoms with Gasteiger partial charge in [-0.25, -0.2) is 0 Å². The molecule has 0 radical (unpaired) electrons. The van der Waals surface area contributed by atoms with Gasteiger partial charge in [0.05, 0.1) is 17.0 Å². The first kappa shape index (κ1) is 15.2. The summed E-state index contributed by atoms with van der Waals surface area (Å²) < 4.78 is 10.8. The van der Waals surface area contributed by atoms with Gasteiger partial charge in [0.15, 0.2) is 12.1 Å². The van der Waals surface area contributed by atoms with Crippen LogP contribution in [0.4, 0.5) is 0 Å². The van der Waals surface area contributed by atoms with Crippen molar-refractivity contribution in [2.24, 2.45) is 0 Å². The Balaban J connectivity index is 1.75. The van der Waals surface area contributed by atoms with E-state index >= 15 is 0 Å². The van der Waals surface area contributed by atoms with E-state index in [9.17, 15) is 30.0 Å². The predicted octanol–water partition coefficient (Wildman–Crippen LogP) is 1.12. The third kappa shape index (κ3) is 1.74. The molecule has 2 aromatic carbocycles. The number of aliphatic hydroxyl groups is 1. The summed E-state index contributed by atoms with van der Waals surface area (Å²) in [6.07, 6.45) is -1.67. The highest BCUT2D eigenvalue weighted by molar-refractivity contribution is 6.30. The number of carbonyl (C=O) groups is 2. The minimum Gasteiger partial charge on any atom is -0.508 e. The molecule has 2 aliphatic heterocycles. The van der Waals surface area contributed by atoms with Crippen molar-refractivity contribution < 1.29 is 39.5 Å². The quantitative estimate of drug-likeness (QED) is 0.471. The monoisotopic (exact) mass is 356 g/mol. The molecule has 0 bridgehead atoms. The van der Waals surface area contributed by atoms with Crippen LogP contribution in [0.1, 0.15) is 49.7 Å². The van der Waals surface area contributed by atoms with Crippen molar-refractivity contribution in [3.05, 3.63) is 46.0 Å². The minimum absolute atomic E-state index is 0.0794. The first-order chi connectivity index (χ1) is 12.4. The Morgan fingerprint density at radius 2 is 1.69 bits per heavy atom. The lowest BCUT2D eigenvalue weighted by molar-refractivity contribution is -0.147. The average Bonchev–Trinajstić information content (AvgIpc) is 3.06. The highest BCUT2D eigenvalue weighted by atomic mass is 16.7. The third-order valence-corrected chi connectivity index (χ3v) is 5.04. The second kappa shape index (κ2) is 4.75. The topological polar surface area (TPSA) is 134 Å². The molecule has 3 unspecified atom stereocenters. The van der Waals surface area contributed by atoms with E-state index in [1.165, 1.54) is 6.07 Å². The Morgan fingerprint density at radius 3 is 2.46 bits per heavy atom. The van der Waals surface area contributed by atoms with E-state index in [1.54, 1.807) is 0 Å². The van der Waals surface area contributed by atoms with Gasteiger partial charge in [-0.3, -0.25) is 9.59 Å². The highest BCUT2D eigenvalue weighted by Gasteiger charge is 2.48. The van der Waals surface area contributed by atoms with Crippen molar-refractivity contribution >= 4 is 11.6 Å². The molecule has 0 aromatic heterocycles. The number of carbonyl (C=O) groups excluding carboxylic acids is 2. The maximum Gasteiger partial charge on any atom is 0.209 e. The van der Waals surface area contributed by atoms with Gasteiger partial charge in [0.25, 0.3) is 0 Å². The van der Waals surface area contributed by atoms with Gasteiger partial charge in [-0.15, -0.1) is 0 Å². The van der Waals surface area contributed by atoms with E-state index < -0.39 is 41.6 Å². The van der Waals surface area contributed by atoms with Crippen LogP contribution in [0.5, 0.6) is 23.0 Å². The molecule has 1 aliphatic carbocycles. The SMILES string of the molecule is O=C1c2cc(O)cc(O)c2C(=O)c2c1cc1c(c2O)C2CC(O)OC2O1. The lowest BCUT2D eigenvalue weighted by atomic mass is 9.80. The normalized spacial score (nSPS) is 25.3. The van der Waals surface area contributed by atoms with E-state index in [0.29, 0.717) is 5.56 Å². The first-order valence-electron chi connectivity index (χ1n) is 7.92. The molecule has 26 heavy (non-hydrogen) atoms. The Labute approximate surface area is 145 Å². The number of aromatic hydroxyl groups is 3. The molecule has 5 rings (SSSR count). The lowest BCUT2D eigenvalue weighted by Crippen LogP contribution is -2.21. The molecule has 8 heteroatoms. The largest absolute Gasteiger partial charge is 0.508 e. The maximum absolute atomic E-state index is 12.9. The molecular formula is C18H12O8. The number of phenolic OH excluding ortho intramolecular Hbond substituents is 3. The molecule has 2 heterocycles. The minimum atomic E-state index is -1.04. The van der Waals surface area contributed by atoms with Crippen LogP contribution in [0.15, 0.2) is 18.2 Å². The Morgan fingerprint density at radius 1 is 0.962 bits per heavy atom. The number of hydrogen-bond acceptors (Lipinski definition) is 8. The van der Waals surface area contributed by atoms with Crippen molar-refractivity contribution in [2.75, 3.05) is 0 Å². The van der Waals surface area contributed by atoms with Crippen LogP contribution in [0, 0.1) is 0 Å². The molecule has 0 spiro atoms. The smallest absolute Gasteiger partial charge is 0.209 e. The zero-order valence-corrected chi connectivity index (χ0v) is 13.1. The number of hydrogen-bond donors (Lipinski definition) is 4. The fraction of sp³-hybridized carbons (Fsp3) is 0.222. The molecule has 1 fully saturated rings. The van der Waals surface area contributed by atoms with Gasteiger partial charge in [0.1, 0.15) is 23.0 Å². The Kier molecular flexibility index (Phi) is 2.77.